The third kappa shape index (κ3) is 5.99. The van der Waals surface area contributed by atoms with Crippen LogP contribution in [0.3, 0.4) is 0 Å². The highest BCUT2D eigenvalue weighted by Gasteiger charge is 2.31. The van der Waals surface area contributed by atoms with Gasteiger partial charge in [0.1, 0.15) is 6.10 Å². The average Bonchev–Trinajstić information content (AvgIpc) is 2.25. The number of rotatable bonds is 9. The van der Waals surface area contributed by atoms with Gasteiger partial charge in [0.25, 0.3) is 0 Å². The maximum Gasteiger partial charge on any atom is 0.241 e. The summed E-state index contributed by atoms with van der Waals surface area (Å²) in [6.07, 6.45) is 0.587. The molecule has 0 aromatic carbocycles. The molecule has 0 aliphatic carbocycles. The Balaban J connectivity index is 4.13. The Morgan fingerprint density at radius 3 is 2.38 bits per heavy atom. The van der Waals surface area contributed by atoms with Crippen molar-refractivity contribution in [3.8, 4) is 0 Å². The van der Waals surface area contributed by atoms with Gasteiger partial charge in [0.05, 0.1) is 12.7 Å². The molecule has 0 heterocycles. The van der Waals surface area contributed by atoms with E-state index < -0.39 is 29.8 Å². The Hall–Kier alpha value is -0.720. The lowest BCUT2D eigenvalue weighted by Gasteiger charge is -2.17. The molecule has 0 aliphatic rings. The molecule has 0 amide bonds. The molecule has 16 heavy (non-hydrogen) atoms. The van der Waals surface area contributed by atoms with Gasteiger partial charge in [-0.2, -0.15) is 0 Å². The number of hydrogen-bond donors (Lipinski definition) is 3. The van der Waals surface area contributed by atoms with Crippen molar-refractivity contribution in [1.82, 2.24) is 0 Å². The molecule has 3 atom stereocenters. The fraction of sp³-hybridized carbons (Fsp3) is 1.00. The van der Waals surface area contributed by atoms with E-state index in [1.54, 1.807) is 0 Å². The highest BCUT2D eigenvalue weighted by Crippen LogP contribution is 2.13. The molecular weight excluding hydrogens is 214 g/mol. The monoisotopic (exact) mass is 235 g/mol. The maximum atomic E-state index is 10.7. The predicted molar refractivity (Wildman–Crippen MR) is 58.6 cm³/mol. The number of nitrogens with zero attached hydrogens (tertiary/aromatic N) is 1. The van der Waals surface area contributed by atoms with Crippen LogP contribution in [0.5, 0.6) is 0 Å². The summed E-state index contributed by atoms with van der Waals surface area (Å²) in [5.74, 6) is 0. The van der Waals surface area contributed by atoms with Crippen molar-refractivity contribution in [2.24, 2.45) is 0 Å². The lowest BCUT2D eigenvalue weighted by atomic mass is 9.99. The smallest absolute Gasteiger partial charge is 0.241 e. The number of hydrogen-bond acceptors (Lipinski definition) is 5. The molecule has 3 N–H and O–H groups in total. The Morgan fingerprint density at radius 1 is 1.31 bits per heavy atom. The summed E-state index contributed by atoms with van der Waals surface area (Å²) in [5, 5.41) is 38.0. The van der Waals surface area contributed by atoms with Gasteiger partial charge in [-0.15, -0.1) is 0 Å². The van der Waals surface area contributed by atoms with Gasteiger partial charge in [-0.1, -0.05) is 26.2 Å². The van der Waals surface area contributed by atoms with Gasteiger partial charge in [-0.25, -0.2) is 0 Å². The molecule has 0 aromatic rings. The van der Waals surface area contributed by atoms with Crippen LogP contribution in [0.2, 0.25) is 0 Å². The molecule has 0 rings (SSSR count). The number of aliphatic hydroxyl groups is 3. The average molecular weight is 235 g/mol. The van der Waals surface area contributed by atoms with Gasteiger partial charge in [0.15, 0.2) is 0 Å². The summed E-state index contributed by atoms with van der Waals surface area (Å²) in [6.45, 7) is 1.49. The summed E-state index contributed by atoms with van der Waals surface area (Å²) in [5.41, 5.74) is 0. The Bertz CT molecular complexity index is 200. The quantitative estimate of drug-likeness (QED) is 0.303. The van der Waals surface area contributed by atoms with Crippen molar-refractivity contribution in [2.45, 2.75) is 57.3 Å². The van der Waals surface area contributed by atoms with Crippen LogP contribution >= 0.6 is 0 Å². The summed E-state index contributed by atoms with van der Waals surface area (Å²) in [7, 11) is 0. The molecule has 0 radical (unpaired) electrons. The molecule has 96 valence electrons. The highest BCUT2D eigenvalue weighted by molar-refractivity contribution is 4.72. The standard InChI is InChI=1S/C10H21NO5/c1-2-3-4-5-10(14)9(11(15)16)6-8(13)7-12/h8-10,12-14H,2-7H2,1H3/t8?,9-,10-/m0/s1. The van der Waals surface area contributed by atoms with E-state index in [1.165, 1.54) is 0 Å². The molecule has 0 aliphatic heterocycles. The van der Waals surface area contributed by atoms with E-state index in [-0.39, 0.29) is 6.42 Å². The topological polar surface area (TPSA) is 104 Å². The van der Waals surface area contributed by atoms with Crippen molar-refractivity contribution >= 4 is 0 Å². The van der Waals surface area contributed by atoms with Gasteiger partial charge < -0.3 is 15.3 Å². The lowest BCUT2D eigenvalue weighted by molar-refractivity contribution is -0.537. The summed E-state index contributed by atoms with van der Waals surface area (Å²) in [6, 6.07) is -1.20. The van der Waals surface area contributed by atoms with E-state index in [2.05, 4.69) is 0 Å². The SMILES string of the molecule is CCCCC[C@H](O)[C@H](CC(O)CO)[N+](=O)[O-]. The van der Waals surface area contributed by atoms with Crippen molar-refractivity contribution in [3.05, 3.63) is 10.1 Å². The fourth-order valence-electron chi connectivity index (χ4n) is 1.53. The minimum absolute atomic E-state index is 0.212. The van der Waals surface area contributed by atoms with Gasteiger partial charge in [0.2, 0.25) is 6.04 Å². The molecule has 0 fully saturated rings. The van der Waals surface area contributed by atoms with E-state index in [9.17, 15) is 15.2 Å². The summed E-state index contributed by atoms with van der Waals surface area (Å²) >= 11 is 0. The van der Waals surface area contributed by atoms with Crippen LogP contribution in [0, 0.1) is 10.1 Å². The largest absolute Gasteiger partial charge is 0.394 e. The van der Waals surface area contributed by atoms with Crippen LogP contribution in [-0.2, 0) is 0 Å². The first-order valence-electron chi connectivity index (χ1n) is 5.63. The lowest BCUT2D eigenvalue weighted by Crippen LogP contribution is -2.37. The second kappa shape index (κ2) is 8.43. The zero-order valence-corrected chi connectivity index (χ0v) is 9.58. The Kier molecular flexibility index (Phi) is 8.05. The second-order valence-electron chi connectivity index (χ2n) is 3.99. The van der Waals surface area contributed by atoms with Crippen molar-refractivity contribution < 1.29 is 20.2 Å². The third-order valence-corrected chi connectivity index (χ3v) is 2.54. The first-order valence-corrected chi connectivity index (χ1v) is 5.63. The molecule has 0 aromatic heterocycles. The zero-order valence-electron chi connectivity index (χ0n) is 9.58. The maximum absolute atomic E-state index is 10.7. The predicted octanol–water partition coefficient (Wildman–Crippen LogP) is 0.316. The van der Waals surface area contributed by atoms with Crippen molar-refractivity contribution in [1.29, 1.82) is 0 Å². The van der Waals surface area contributed by atoms with Crippen LogP contribution in [0.1, 0.15) is 39.0 Å². The van der Waals surface area contributed by atoms with E-state index in [0.717, 1.165) is 19.3 Å². The van der Waals surface area contributed by atoms with Gasteiger partial charge in [-0.05, 0) is 6.42 Å². The third-order valence-electron chi connectivity index (χ3n) is 2.54. The molecule has 0 saturated carbocycles. The molecule has 6 nitrogen and oxygen atoms in total. The van der Waals surface area contributed by atoms with Crippen LogP contribution in [0.15, 0.2) is 0 Å². The van der Waals surface area contributed by atoms with Gasteiger partial charge >= 0.3 is 0 Å². The molecule has 6 heteroatoms. The van der Waals surface area contributed by atoms with Gasteiger partial charge in [0, 0.05) is 11.3 Å². The molecular formula is C10H21NO5. The Morgan fingerprint density at radius 2 is 1.94 bits per heavy atom. The Labute approximate surface area is 95.1 Å². The first kappa shape index (κ1) is 15.3. The molecule has 1 unspecified atom stereocenters. The van der Waals surface area contributed by atoms with E-state index in [0.29, 0.717) is 6.42 Å². The molecule has 0 bridgehead atoms. The van der Waals surface area contributed by atoms with Crippen LogP contribution in [-0.4, -0.2) is 45.1 Å². The highest BCUT2D eigenvalue weighted by atomic mass is 16.6. The zero-order chi connectivity index (χ0) is 12.6. The normalized spacial score (nSPS) is 16.8. The van der Waals surface area contributed by atoms with E-state index in [4.69, 9.17) is 10.2 Å². The van der Waals surface area contributed by atoms with Crippen molar-refractivity contribution in [3.63, 3.8) is 0 Å². The molecule has 0 saturated heterocycles. The minimum atomic E-state index is -1.20. The van der Waals surface area contributed by atoms with Gasteiger partial charge in [-0.3, -0.25) is 10.1 Å². The fourth-order valence-corrected chi connectivity index (χ4v) is 1.53. The van der Waals surface area contributed by atoms with E-state index >= 15 is 0 Å². The van der Waals surface area contributed by atoms with Crippen LogP contribution < -0.4 is 0 Å². The van der Waals surface area contributed by atoms with Crippen molar-refractivity contribution in [2.75, 3.05) is 6.61 Å². The van der Waals surface area contributed by atoms with Crippen LogP contribution in [0.25, 0.3) is 0 Å². The second-order valence-corrected chi connectivity index (χ2v) is 3.99. The number of nitro groups is 1. The first-order chi connectivity index (χ1) is 7.52. The number of aliphatic hydroxyl groups excluding tert-OH is 3. The summed E-state index contributed by atoms with van der Waals surface area (Å²) < 4.78 is 0. The molecule has 0 spiro atoms. The summed E-state index contributed by atoms with van der Waals surface area (Å²) in [4.78, 5) is 10.1. The number of unbranched alkanes of at least 4 members (excludes halogenated alkanes) is 2. The van der Waals surface area contributed by atoms with Crippen LogP contribution in [0.4, 0.5) is 0 Å². The van der Waals surface area contributed by atoms with E-state index in [1.807, 2.05) is 6.92 Å². The minimum Gasteiger partial charge on any atom is -0.394 e.